The summed E-state index contributed by atoms with van der Waals surface area (Å²) >= 11 is 31.5. The Balaban J connectivity index is 0.000000146. The maximum Gasteiger partial charge on any atom is 0.255 e. The second-order valence-corrected chi connectivity index (χ2v) is 42.6. The first kappa shape index (κ1) is 110. The molecule has 0 atom stereocenters. The molecule has 6 N–H and O–H groups in total. The van der Waals surface area contributed by atoms with Gasteiger partial charge in [-0.05, 0) is 275 Å². The van der Waals surface area contributed by atoms with Crippen LogP contribution in [0.15, 0.2) is 349 Å². The summed E-state index contributed by atoms with van der Waals surface area (Å²) in [5.74, 6) is -1.33. The lowest BCUT2D eigenvalue weighted by Crippen LogP contribution is -2.43. The predicted molar refractivity (Wildman–Crippen MR) is 585 cm³/mol. The maximum atomic E-state index is 12.9. The summed E-state index contributed by atoms with van der Waals surface area (Å²) in [5, 5.41) is 17.0. The van der Waals surface area contributed by atoms with Gasteiger partial charge in [-0.1, -0.05) is 139 Å². The molecule has 0 aliphatic carbocycles. The van der Waals surface area contributed by atoms with E-state index in [1.165, 1.54) is 62.7 Å². The fourth-order valence-corrected chi connectivity index (χ4v) is 20.6. The summed E-state index contributed by atoms with van der Waals surface area (Å²) < 4.78 is 91.8. The van der Waals surface area contributed by atoms with Crippen LogP contribution in [0, 0.1) is 5.92 Å². The number of halogens is 5. The number of piperazine rings is 1. The van der Waals surface area contributed by atoms with Crippen molar-refractivity contribution < 1.29 is 58.7 Å². The average Bonchev–Trinajstić information content (AvgIpc) is 0.806. The Hall–Kier alpha value is -13.7. The molecule has 18 rings (SSSR count). The molecule has 762 valence electrons. The summed E-state index contributed by atoms with van der Waals surface area (Å²) in [6.45, 7) is 12.9. The summed E-state index contributed by atoms with van der Waals surface area (Å²) in [6, 6.07) is 87.2. The number of pyridine rings is 5. The van der Waals surface area contributed by atoms with Crippen LogP contribution in [0.3, 0.4) is 0 Å². The number of hydrogen-bond donors (Lipinski definition) is 6. The Labute approximate surface area is 886 Å². The Morgan fingerprint density at radius 2 is 0.628 bits per heavy atom. The first-order valence-corrected chi connectivity index (χ1v) is 53.3. The van der Waals surface area contributed by atoms with E-state index >= 15 is 0 Å². The van der Waals surface area contributed by atoms with E-state index in [4.69, 9.17) is 67.5 Å². The van der Waals surface area contributed by atoms with E-state index in [1.54, 1.807) is 146 Å². The molecule has 0 spiro atoms. The Bertz CT molecular complexity index is 7470. The van der Waals surface area contributed by atoms with Gasteiger partial charge in [-0.25, -0.2) is 30.0 Å². The van der Waals surface area contributed by atoms with Gasteiger partial charge in [0.2, 0.25) is 30.1 Å². The fraction of sp³-hybridized carbons (Fsp3) is 0.189. The molecule has 29 nitrogen and oxygen atoms in total. The van der Waals surface area contributed by atoms with Crippen LogP contribution in [-0.4, -0.2) is 209 Å². The van der Waals surface area contributed by atoms with E-state index in [0.717, 1.165) is 67.3 Å². The Morgan fingerprint density at radius 1 is 0.331 bits per heavy atom. The van der Waals surface area contributed by atoms with E-state index in [9.17, 15) is 49.2 Å². The van der Waals surface area contributed by atoms with Crippen LogP contribution >= 0.6 is 58.0 Å². The molecule has 0 radical (unpaired) electrons. The number of nitrogens with zero attached hydrogens (tertiary/aromatic N) is 10. The summed E-state index contributed by atoms with van der Waals surface area (Å²) in [4.78, 5) is 92.1. The number of nitrogens with one attached hydrogen (secondary N) is 6. The van der Waals surface area contributed by atoms with Crippen molar-refractivity contribution in [2.45, 2.75) is 41.6 Å². The van der Waals surface area contributed by atoms with Gasteiger partial charge in [-0.3, -0.25) is 53.8 Å². The van der Waals surface area contributed by atoms with Gasteiger partial charge in [0, 0.05) is 187 Å². The molecule has 3 fully saturated rings. The molecule has 0 unspecified atom stereocenters. The van der Waals surface area contributed by atoms with Crippen molar-refractivity contribution in [3.8, 4) is 56.3 Å². The zero-order chi connectivity index (χ0) is 105. The zero-order valence-corrected chi connectivity index (χ0v) is 87.6. The van der Waals surface area contributed by atoms with Gasteiger partial charge in [-0.15, -0.1) is 0 Å². The Kier molecular flexibility index (Phi) is 39.2. The van der Waals surface area contributed by atoms with E-state index in [2.05, 4.69) is 78.0 Å². The summed E-state index contributed by atoms with van der Waals surface area (Å²) in [6.07, 6.45) is 8.43. The Morgan fingerprint density at radius 3 is 0.939 bits per heavy atom. The van der Waals surface area contributed by atoms with Crippen molar-refractivity contribution >= 4 is 146 Å². The highest BCUT2D eigenvalue weighted by Gasteiger charge is 2.30. The van der Waals surface area contributed by atoms with Crippen LogP contribution in [0.2, 0.25) is 25.1 Å². The second kappa shape index (κ2) is 52.7. The van der Waals surface area contributed by atoms with Gasteiger partial charge in [0.25, 0.3) is 29.5 Å². The minimum atomic E-state index is -3.69. The van der Waals surface area contributed by atoms with E-state index < -0.39 is 41.9 Å². The molecule has 37 heteroatoms. The van der Waals surface area contributed by atoms with Crippen LogP contribution in [-0.2, 0) is 52.6 Å². The minimum absolute atomic E-state index is 0.0427. The number of benzene rings is 10. The van der Waals surface area contributed by atoms with Crippen molar-refractivity contribution in [2.24, 2.45) is 5.92 Å². The number of aromatic nitrogens is 5. The van der Waals surface area contributed by atoms with Crippen molar-refractivity contribution in [2.75, 3.05) is 133 Å². The zero-order valence-electron chi connectivity index (χ0n) is 81.3. The molecule has 10 aromatic carbocycles. The SMILES string of the molecule is CC(C)CNS(=O)(=O)c1cccc(C(=O)Nc2ccc(Cl)c(-c3ccccn3)c2)c1.CN(C)Cc1ccc(C(=O)Nc2ccc(Cl)c(-c3ccccn3)c2)cc1.CN1CCN(Cc2ccc(C(=O)Nc3ccc(Cl)c(-c4ccccn4)c3)cc2)CC1.O=C(Nc1ccc(Cl)c(-c2ccccn2)c1)c1ccc(S(=O)(=O)N2CCOCC2)cc1.O=C(Nc1ccc(Cl)c(-c2ccccn2)c1)c1cccc(S(=O)(=O)N2CCOCC2)c1. The van der Waals surface area contributed by atoms with E-state index in [1.807, 2.05) is 167 Å². The van der Waals surface area contributed by atoms with Crippen LogP contribution in [0.25, 0.3) is 56.3 Å². The highest BCUT2D eigenvalue weighted by atomic mass is 35.5. The highest BCUT2D eigenvalue weighted by molar-refractivity contribution is 7.90. The van der Waals surface area contributed by atoms with Crippen molar-refractivity contribution in [3.05, 3.63) is 398 Å². The molecule has 5 aromatic heterocycles. The molecular weight excluding hydrogens is 2040 g/mol. The van der Waals surface area contributed by atoms with Gasteiger partial charge in [0.1, 0.15) is 0 Å². The van der Waals surface area contributed by atoms with Crippen LogP contribution in [0.5, 0.6) is 0 Å². The molecule has 3 aliphatic heterocycles. The summed E-state index contributed by atoms with van der Waals surface area (Å²) in [7, 11) is -4.80. The van der Waals surface area contributed by atoms with Crippen molar-refractivity contribution in [1.82, 2.24) is 53.0 Å². The normalized spacial score (nSPS) is 13.5. The molecule has 15 aromatic rings. The predicted octanol–water partition coefficient (Wildman–Crippen LogP) is 21.1. The molecule has 148 heavy (non-hydrogen) atoms. The molecule has 8 heterocycles. The number of hydrogen-bond acceptors (Lipinski definition) is 21. The van der Waals surface area contributed by atoms with E-state index in [-0.39, 0.29) is 49.5 Å². The molecule has 0 saturated carbocycles. The lowest BCUT2D eigenvalue weighted by atomic mass is 10.1. The van der Waals surface area contributed by atoms with E-state index in [0.29, 0.717) is 163 Å². The van der Waals surface area contributed by atoms with Crippen molar-refractivity contribution in [1.29, 1.82) is 0 Å². The molecule has 0 bridgehead atoms. The number of amides is 5. The smallest absolute Gasteiger partial charge is 0.255 e. The van der Waals surface area contributed by atoms with Gasteiger partial charge in [-0.2, -0.15) is 8.61 Å². The maximum absolute atomic E-state index is 12.9. The van der Waals surface area contributed by atoms with Gasteiger partial charge in [0.05, 0.1) is 94.7 Å². The van der Waals surface area contributed by atoms with Crippen LogP contribution in [0.1, 0.15) is 76.8 Å². The topological polar surface area (TPSA) is 359 Å². The van der Waals surface area contributed by atoms with Gasteiger partial charge >= 0.3 is 0 Å². The third-order valence-electron chi connectivity index (χ3n) is 23.3. The third kappa shape index (κ3) is 31.0. The molecular formula is C111H107Cl5N16O13S3. The number of ether oxygens (including phenoxy) is 2. The minimum Gasteiger partial charge on any atom is -0.379 e. The molecule has 5 amide bonds. The monoisotopic (exact) mass is 2140 g/mol. The number of sulfonamides is 3. The quantitative estimate of drug-likeness (QED) is 0.0278. The average molecular weight is 2150 g/mol. The second-order valence-electron chi connectivity index (χ2n) is 34.9. The van der Waals surface area contributed by atoms with Crippen LogP contribution < -0.4 is 31.3 Å². The number of rotatable bonds is 27. The first-order chi connectivity index (χ1) is 71.3. The van der Waals surface area contributed by atoms with Gasteiger partial charge < -0.3 is 45.9 Å². The highest BCUT2D eigenvalue weighted by Crippen LogP contribution is 2.37. The number of carbonyl (C=O) groups excluding carboxylic acids is 5. The number of anilines is 5. The lowest BCUT2D eigenvalue weighted by molar-refractivity contribution is 0.0730. The van der Waals surface area contributed by atoms with Crippen LogP contribution in [0.4, 0.5) is 28.4 Å². The number of morpholine rings is 2. The largest absolute Gasteiger partial charge is 0.379 e. The van der Waals surface area contributed by atoms with Gasteiger partial charge in [0.15, 0.2) is 0 Å². The standard InChI is InChI=1S/C24H25ClN4O.2C22H20ClN3O4S.C22H22ClN3O3S.C21H20ClN3O/c1-28-12-14-29(15-13-28)17-18-5-7-19(8-6-18)24(30)27-20-9-10-22(25)21(16-20)23-4-2-3-11-26-23;23-20-8-7-17(15-19(20)21-6-1-2-9-24-21)25-22(27)16-4-3-5-18(14-16)31(28,29)26-10-12-30-13-11-26;23-20-9-6-17(15-19(20)21-3-1-2-10-24-21)25-22(27)16-4-7-18(8-5-16)31(28,29)26-11-13-30-14-12-26;1-15(2)14-25-30(28,29)18-7-5-6-16(12-18)22(27)26-17-9-10-20(23)19(13-17)21-8-3-4-11-24-21;1-25(2)14-15-6-8-16(9-7-15)21(26)24-17-10-11-19(22)18(13-17)20-5-3-4-12-23-20/h2-11,16H,12-15,17H2,1H3,(H,27,30);1-9,14-15H,10-13H2,(H,25,27);1-10,15H,11-14H2,(H,25,27);3-13,15,25H,14H2,1-2H3,(H,26,27);3-13H,14H2,1-2H3,(H,24,26). The fourth-order valence-electron chi connectivity index (χ4n) is 15.4. The third-order valence-corrected chi connectivity index (χ3v) is 30.2. The first-order valence-electron chi connectivity index (χ1n) is 47.1. The summed E-state index contributed by atoms with van der Waals surface area (Å²) in [5.41, 5.74) is 14.7. The molecule has 3 saturated heterocycles. The number of carbonyl (C=O) groups is 5. The van der Waals surface area contributed by atoms with Crippen molar-refractivity contribution in [3.63, 3.8) is 0 Å². The lowest BCUT2D eigenvalue weighted by Gasteiger charge is -2.32. The molecule has 3 aliphatic rings. The number of likely N-dealkylation sites (N-methyl/N-ethyl adjacent to an activating group) is 1.